The molecular weight excluding hydrogens is 326 g/mol. The van der Waals surface area contributed by atoms with Crippen LogP contribution in [0.3, 0.4) is 0 Å². The van der Waals surface area contributed by atoms with Gasteiger partial charge in [-0.05, 0) is 57.8 Å². The molecular formula is C18H32ClN3O2. The normalized spacial score (nSPS) is 32.8. The lowest BCUT2D eigenvalue weighted by Gasteiger charge is -2.37. The number of piperidine rings is 1. The second-order valence-electron chi connectivity index (χ2n) is 8.08. The van der Waals surface area contributed by atoms with Crippen molar-refractivity contribution >= 4 is 24.2 Å². The fraction of sp³-hybridized carbons (Fsp3) is 0.889. The van der Waals surface area contributed by atoms with Gasteiger partial charge in [0.15, 0.2) is 0 Å². The van der Waals surface area contributed by atoms with Crippen molar-refractivity contribution < 1.29 is 9.59 Å². The summed E-state index contributed by atoms with van der Waals surface area (Å²) in [7, 11) is 1.87. The molecule has 3 rings (SSSR count). The molecule has 4 atom stereocenters. The zero-order valence-electron chi connectivity index (χ0n) is 15.1. The molecule has 0 radical (unpaired) electrons. The van der Waals surface area contributed by atoms with Crippen molar-refractivity contribution in [2.75, 3.05) is 20.1 Å². The monoisotopic (exact) mass is 357 g/mol. The predicted molar refractivity (Wildman–Crippen MR) is 96.8 cm³/mol. The van der Waals surface area contributed by atoms with Gasteiger partial charge in [-0.15, -0.1) is 12.4 Å². The summed E-state index contributed by atoms with van der Waals surface area (Å²) in [4.78, 5) is 29.1. The van der Waals surface area contributed by atoms with Gasteiger partial charge in [0, 0.05) is 38.1 Å². The van der Waals surface area contributed by atoms with Crippen LogP contribution in [0.2, 0.25) is 0 Å². The lowest BCUT2D eigenvalue weighted by Crippen LogP contribution is -2.50. The van der Waals surface area contributed by atoms with Crippen LogP contribution in [0.4, 0.5) is 0 Å². The molecule has 0 aromatic carbocycles. The van der Waals surface area contributed by atoms with E-state index in [1.165, 1.54) is 12.8 Å². The van der Waals surface area contributed by atoms with E-state index in [9.17, 15) is 9.59 Å². The number of amides is 2. The summed E-state index contributed by atoms with van der Waals surface area (Å²) in [5.41, 5.74) is 6.31. The van der Waals surface area contributed by atoms with Crippen LogP contribution in [0.5, 0.6) is 0 Å². The Kier molecular flexibility index (Phi) is 6.19. The summed E-state index contributed by atoms with van der Waals surface area (Å²) in [5, 5.41) is 0. The zero-order valence-corrected chi connectivity index (χ0v) is 15.9. The highest BCUT2D eigenvalue weighted by Gasteiger charge is 2.50. The van der Waals surface area contributed by atoms with Crippen molar-refractivity contribution in [3.05, 3.63) is 0 Å². The van der Waals surface area contributed by atoms with Gasteiger partial charge < -0.3 is 15.5 Å². The highest BCUT2D eigenvalue weighted by atomic mass is 35.5. The van der Waals surface area contributed by atoms with Crippen LogP contribution in [0.15, 0.2) is 0 Å². The number of hydrogen-bond donors (Lipinski definition) is 1. The summed E-state index contributed by atoms with van der Waals surface area (Å²) in [6.45, 7) is 5.49. The van der Waals surface area contributed by atoms with E-state index in [0.29, 0.717) is 24.9 Å². The van der Waals surface area contributed by atoms with Crippen molar-refractivity contribution in [1.82, 2.24) is 9.80 Å². The highest BCUT2D eigenvalue weighted by Crippen LogP contribution is 2.48. The first kappa shape index (κ1) is 19.5. The average molecular weight is 358 g/mol. The van der Waals surface area contributed by atoms with E-state index in [-0.39, 0.29) is 48.1 Å². The van der Waals surface area contributed by atoms with Gasteiger partial charge in [-0.3, -0.25) is 9.59 Å². The van der Waals surface area contributed by atoms with Crippen LogP contribution in [-0.2, 0) is 9.59 Å². The third-order valence-corrected chi connectivity index (χ3v) is 6.54. The minimum absolute atomic E-state index is 0. The maximum atomic E-state index is 12.9. The molecule has 1 heterocycles. The van der Waals surface area contributed by atoms with E-state index in [2.05, 4.69) is 0 Å². The van der Waals surface area contributed by atoms with Crippen molar-refractivity contribution in [2.45, 2.75) is 58.0 Å². The maximum Gasteiger partial charge on any atom is 0.227 e. The molecule has 2 N–H and O–H groups in total. The first-order chi connectivity index (χ1) is 10.9. The first-order valence-corrected chi connectivity index (χ1v) is 9.21. The van der Waals surface area contributed by atoms with E-state index >= 15 is 0 Å². The van der Waals surface area contributed by atoms with Crippen LogP contribution in [-0.4, -0.2) is 53.8 Å². The molecule has 2 amide bonds. The second-order valence-corrected chi connectivity index (χ2v) is 8.08. The Balaban J connectivity index is 0.00000208. The van der Waals surface area contributed by atoms with Gasteiger partial charge in [-0.25, -0.2) is 0 Å². The minimum atomic E-state index is 0. The molecule has 5 nitrogen and oxygen atoms in total. The number of fused-ring (bicyclic) bond motifs is 2. The van der Waals surface area contributed by atoms with Gasteiger partial charge in [0.2, 0.25) is 11.8 Å². The van der Waals surface area contributed by atoms with Crippen molar-refractivity contribution in [1.29, 1.82) is 0 Å². The van der Waals surface area contributed by atoms with Crippen LogP contribution < -0.4 is 5.73 Å². The summed E-state index contributed by atoms with van der Waals surface area (Å²) >= 11 is 0. The molecule has 138 valence electrons. The van der Waals surface area contributed by atoms with Gasteiger partial charge in [0.05, 0.1) is 5.92 Å². The Morgan fingerprint density at radius 2 is 1.67 bits per heavy atom. The topological polar surface area (TPSA) is 66.6 Å². The zero-order chi connectivity index (χ0) is 16.7. The molecule has 3 fully saturated rings. The van der Waals surface area contributed by atoms with E-state index in [0.717, 1.165) is 19.3 Å². The highest BCUT2D eigenvalue weighted by molar-refractivity contribution is 5.85. The minimum Gasteiger partial charge on any atom is -0.343 e. The largest absolute Gasteiger partial charge is 0.343 e. The number of rotatable bonds is 3. The third kappa shape index (κ3) is 3.43. The lowest BCUT2D eigenvalue weighted by atomic mass is 9.83. The van der Waals surface area contributed by atoms with E-state index < -0.39 is 0 Å². The van der Waals surface area contributed by atoms with Gasteiger partial charge >= 0.3 is 0 Å². The molecule has 1 saturated heterocycles. The lowest BCUT2D eigenvalue weighted by molar-refractivity contribution is -0.144. The van der Waals surface area contributed by atoms with E-state index in [1.807, 2.05) is 30.7 Å². The summed E-state index contributed by atoms with van der Waals surface area (Å²) in [6.07, 6.45) is 5.09. The van der Waals surface area contributed by atoms with Gasteiger partial charge in [-0.2, -0.15) is 0 Å². The number of carbonyl (C=O) groups is 2. The number of nitrogens with zero attached hydrogens (tertiary/aromatic N) is 2. The van der Waals surface area contributed by atoms with Gasteiger partial charge in [0.1, 0.15) is 0 Å². The number of likely N-dealkylation sites (tertiary alicyclic amines) is 1. The third-order valence-electron chi connectivity index (χ3n) is 6.54. The molecule has 24 heavy (non-hydrogen) atoms. The predicted octanol–water partition coefficient (Wildman–Crippen LogP) is 1.89. The van der Waals surface area contributed by atoms with Gasteiger partial charge in [0.25, 0.3) is 0 Å². The molecule has 4 unspecified atom stereocenters. The molecule has 0 spiro atoms. The Labute approximate surface area is 151 Å². The quantitative estimate of drug-likeness (QED) is 0.838. The average Bonchev–Trinajstić information content (AvgIpc) is 3.14. The molecule has 0 aromatic rings. The smallest absolute Gasteiger partial charge is 0.227 e. The Morgan fingerprint density at radius 1 is 1.08 bits per heavy atom. The molecule has 0 aromatic heterocycles. The summed E-state index contributed by atoms with van der Waals surface area (Å²) in [6, 6.07) is 0.293. The SMILES string of the molecule is CC(C)N(C)C(=O)C1CCN(C(=O)C2C3CCC(C3)C2N)CC1.Cl. The standard InChI is InChI=1S/C18H31N3O2.ClH/c1-11(2)20(3)17(22)12-6-8-21(9-7-12)18(23)15-13-4-5-14(10-13)16(15)19;/h11-16H,4-10,19H2,1-3H3;1H. The van der Waals surface area contributed by atoms with Crippen molar-refractivity contribution in [2.24, 2.45) is 29.4 Å². The molecule has 3 aliphatic rings. The van der Waals surface area contributed by atoms with Crippen LogP contribution in [0.25, 0.3) is 0 Å². The molecule has 2 bridgehead atoms. The fourth-order valence-electron chi connectivity index (χ4n) is 4.80. The van der Waals surface area contributed by atoms with E-state index in [4.69, 9.17) is 5.73 Å². The maximum absolute atomic E-state index is 12.9. The molecule has 1 aliphatic heterocycles. The van der Waals surface area contributed by atoms with Gasteiger partial charge in [-0.1, -0.05) is 0 Å². The Morgan fingerprint density at radius 3 is 2.17 bits per heavy atom. The molecule has 6 heteroatoms. The number of halogens is 1. The van der Waals surface area contributed by atoms with E-state index in [1.54, 1.807) is 0 Å². The molecule has 2 saturated carbocycles. The van der Waals surface area contributed by atoms with Crippen LogP contribution in [0, 0.1) is 23.7 Å². The van der Waals surface area contributed by atoms with Crippen molar-refractivity contribution in [3.8, 4) is 0 Å². The number of hydrogen-bond acceptors (Lipinski definition) is 3. The van der Waals surface area contributed by atoms with Crippen LogP contribution in [0.1, 0.15) is 46.0 Å². The number of carbonyl (C=O) groups excluding carboxylic acids is 2. The number of nitrogens with two attached hydrogens (primary N) is 1. The summed E-state index contributed by atoms with van der Waals surface area (Å²) in [5.74, 6) is 1.66. The molecule has 2 aliphatic carbocycles. The van der Waals surface area contributed by atoms with Crippen LogP contribution >= 0.6 is 12.4 Å². The summed E-state index contributed by atoms with van der Waals surface area (Å²) < 4.78 is 0. The fourth-order valence-corrected chi connectivity index (χ4v) is 4.80. The van der Waals surface area contributed by atoms with Crippen molar-refractivity contribution in [3.63, 3.8) is 0 Å². The first-order valence-electron chi connectivity index (χ1n) is 9.21. The Bertz CT molecular complexity index is 475. The second kappa shape index (κ2) is 7.61. The Hall–Kier alpha value is -0.810.